The second kappa shape index (κ2) is 9.44. The van der Waals surface area contributed by atoms with Crippen LogP contribution in [-0.2, 0) is 9.53 Å². The molecular formula is C24H21N3O6S. The van der Waals surface area contributed by atoms with Gasteiger partial charge in [-0.25, -0.2) is 9.79 Å². The Labute approximate surface area is 198 Å². The zero-order chi connectivity index (χ0) is 24.4. The Morgan fingerprint density at radius 3 is 2.47 bits per heavy atom. The van der Waals surface area contributed by atoms with E-state index < -0.39 is 16.9 Å². The van der Waals surface area contributed by atoms with Crippen LogP contribution in [0, 0.1) is 10.1 Å². The normalized spacial score (nSPS) is 15.5. The average Bonchev–Trinajstić information content (AvgIpc) is 3.13. The Kier molecular flexibility index (Phi) is 6.42. The smallest absolute Gasteiger partial charge is 0.338 e. The van der Waals surface area contributed by atoms with Crippen molar-refractivity contribution < 1.29 is 19.2 Å². The van der Waals surface area contributed by atoms with Gasteiger partial charge in [-0.3, -0.25) is 19.5 Å². The fraction of sp³-hybridized carbons (Fsp3) is 0.208. The molecule has 0 fully saturated rings. The summed E-state index contributed by atoms with van der Waals surface area (Å²) < 4.78 is 12.4. The first-order chi connectivity index (χ1) is 16.3. The lowest BCUT2D eigenvalue weighted by molar-refractivity contribution is -0.384. The summed E-state index contributed by atoms with van der Waals surface area (Å²) in [5, 5.41) is 10.9. The van der Waals surface area contributed by atoms with Crippen LogP contribution in [0.15, 0.2) is 69.6 Å². The lowest BCUT2D eigenvalue weighted by atomic mass is 9.96. The molecule has 2 aromatic carbocycles. The Bertz CT molecular complexity index is 1470. The first-order valence-electron chi connectivity index (χ1n) is 10.4. The molecule has 1 aliphatic heterocycles. The summed E-state index contributed by atoms with van der Waals surface area (Å²) in [7, 11) is 1.29. The molecule has 1 atom stereocenters. The molecule has 1 aliphatic rings. The highest BCUT2D eigenvalue weighted by Crippen LogP contribution is 2.31. The minimum atomic E-state index is -0.724. The molecule has 10 heteroatoms. The van der Waals surface area contributed by atoms with E-state index in [1.54, 1.807) is 37.3 Å². The number of methoxy groups -OCH3 is 1. The molecule has 0 saturated heterocycles. The Morgan fingerprint density at radius 1 is 1.21 bits per heavy atom. The predicted molar refractivity (Wildman–Crippen MR) is 126 cm³/mol. The molecule has 0 radical (unpaired) electrons. The molecule has 9 nitrogen and oxygen atoms in total. The number of rotatable bonds is 6. The van der Waals surface area contributed by atoms with Crippen molar-refractivity contribution in [2.24, 2.45) is 4.99 Å². The number of non-ortho nitro benzene ring substituents is 1. The van der Waals surface area contributed by atoms with Crippen molar-refractivity contribution in [3.8, 4) is 5.75 Å². The topological polar surface area (TPSA) is 113 Å². The summed E-state index contributed by atoms with van der Waals surface area (Å²) in [5.74, 6) is 0.113. The number of carbonyl (C=O) groups is 1. The highest BCUT2D eigenvalue weighted by atomic mass is 32.1. The maximum absolute atomic E-state index is 13.5. The summed E-state index contributed by atoms with van der Waals surface area (Å²) >= 11 is 1.19. The zero-order valence-corrected chi connectivity index (χ0v) is 19.5. The average molecular weight is 480 g/mol. The monoisotopic (exact) mass is 479 g/mol. The van der Waals surface area contributed by atoms with Gasteiger partial charge < -0.3 is 9.47 Å². The summed E-state index contributed by atoms with van der Waals surface area (Å²) in [6.07, 6.45) is 1.65. The standard InChI is InChI=1S/C24H21N3O6S/c1-4-33-18-11-7-16(8-12-18)21-20(23(29)32-3)14(2)25-24-26(21)22(28)19(34-24)13-15-5-9-17(10-6-15)27(30)31/h5-13,21H,4H2,1-3H3/b19-13-. The number of nitro groups is 1. The summed E-state index contributed by atoms with van der Waals surface area (Å²) in [4.78, 5) is 41.6. The fourth-order valence-corrected chi connectivity index (χ4v) is 4.81. The lowest BCUT2D eigenvalue weighted by Gasteiger charge is -2.24. The SMILES string of the molecule is CCOc1ccc(C2C(C(=O)OC)=C(C)N=c3s/c(=C\c4ccc([N+](=O)[O-])cc4)c(=O)n32)cc1. The van der Waals surface area contributed by atoms with Gasteiger partial charge in [-0.1, -0.05) is 23.5 Å². The van der Waals surface area contributed by atoms with Crippen molar-refractivity contribution in [1.82, 2.24) is 4.57 Å². The van der Waals surface area contributed by atoms with E-state index in [1.165, 1.54) is 35.1 Å². The van der Waals surface area contributed by atoms with Gasteiger partial charge >= 0.3 is 5.97 Å². The van der Waals surface area contributed by atoms with Crippen molar-refractivity contribution in [3.63, 3.8) is 0 Å². The van der Waals surface area contributed by atoms with Crippen LogP contribution in [0.5, 0.6) is 5.75 Å². The van der Waals surface area contributed by atoms with Gasteiger partial charge in [0.15, 0.2) is 4.80 Å². The molecule has 2 heterocycles. The molecule has 34 heavy (non-hydrogen) atoms. The Morgan fingerprint density at radius 2 is 1.88 bits per heavy atom. The van der Waals surface area contributed by atoms with E-state index in [4.69, 9.17) is 9.47 Å². The molecule has 0 saturated carbocycles. The largest absolute Gasteiger partial charge is 0.494 e. The van der Waals surface area contributed by atoms with Gasteiger partial charge in [0.05, 0.1) is 40.5 Å². The number of aromatic nitrogens is 1. The van der Waals surface area contributed by atoms with Crippen LogP contribution in [0.3, 0.4) is 0 Å². The third kappa shape index (κ3) is 4.27. The molecular weight excluding hydrogens is 458 g/mol. The minimum Gasteiger partial charge on any atom is -0.494 e. The molecule has 0 N–H and O–H groups in total. The van der Waals surface area contributed by atoms with Crippen LogP contribution in [0.2, 0.25) is 0 Å². The first kappa shape index (κ1) is 23.1. The minimum absolute atomic E-state index is 0.0348. The van der Waals surface area contributed by atoms with Crippen molar-refractivity contribution in [2.75, 3.05) is 13.7 Å². The maximum atomic E-state index is 13.5. The van der Waals surface area contributed by atoms with Gasteiger partial charge in [0.1, 0.15) is 5.75 Å². The molecule has 1 unspecified atom stereocenters. The number of nitro benzene ring substituents is 1. The van der Waals surface area contributed by atoms with Crippen molar-refractivity contribution in [1.29, 1.82) is 0 Å². The number of benzene rings is 2. The molecule has 0 aliphatic carbocycles. The number of hydrogen-bond donors (Lipinski definition) is 0. The summed E-state index contributed by atoms with van der Waals surface area (Å²) in [6, 6.07) is 12.4. The number of thiazole rings is 1. The third-order valence-electron chi connectivity index (χ3n) is 5.34. The number of hydrogen-bond acceptors (Lipinski definition) is 8. The molecule has 0 amide bonds. The van der Waals surface area contributed by atoms with E-state index in [0.29, 0.717) is 38.5 Å². The van der Waals surface area contributed by atoms with E-state index in [0.717, 1.165) is 0 Å². The summed E-state index contributed by atoms with van der Waals surface area (Å²) in [6.45, 7) is 4.11. The number of allylic oxidation sites excluding steroid dienone is 1. The van der Waals surface area contributed by atoms with Gasteiger partial charge in [-0.15, -0.1) is 0 Å². The van der Waals surface area contributed by atoms with Crippen molar-refractivity contribution >= 4 is 29.1 Å². The van der Waals surface area contributed by atoms with Crippen LogP contribution in [0.1, 0.15) is 31.0 Å². The number of nitrogens with zero attached hydrogens (tertiary/aromatic N) is 3. The molecule has 3 aromatic rings. The van der Waals surface area contributed by atoms with Gasteiger partial charge in [0, 0.05) is 12.1 Å². The molecule has 0 spiro atoms. The highest BCUT2D eigenvalue weighted by molar-refractivity contribution is 7.07. The molecule has 0 bridgehead atoms. The number of fused-ring (bicyclic) bond motifs is 1. The van der Waals surface area contributed by atoms with Crippen LogP contribution >= 0.6 is 11.3 Å². The van der Waals surface area contributed by atoms with Gasteiger partial charge in [0.25, 0.3) is 11.2 Å². The van der Waals surface area contributed by atoms with Crippen LogP contribution in [0.4, 0.5) is 5.69 Å². The van der Waals surface area contributed by atoms with E-state index in [9.17, 15) is 19.7 Å². The van der Waals surface area contributed by atoms with Crippen LogP contribution in [-0.4, -0.2) is 29.2 Å². The van der Waals surface area contributed by atoms with E-state index in [1.807, 2.05) is 19.1 Å². The van der Waals surface area contributed by atoms with E-state index in [2.05, 4.69) is 4.99 Å². The molecule has 1 aromatic heterocycles. The van der Waals surface area contributed by atoms with Crippen LogP contribution < -0.4 is 19.6 Å². The molecule has 4 rings (SSSR count). The van der Waals surface area contributed by atoms with E-state index >= 15 is 0 Å². The highest BCUT2D eigenvalue weighted by Gasteiger charge is 2.33. The summed E-state index contributed by atoms with van der Waals surface area (Å²) in [5.41, 5.74) is 1.73. The van der Waals surface area contributed by atoms with E-state index in [-0.39, 0.29) is 16.8 Å². The van der Waals surface area contributed by atoms with Gasteiger partial charge in [-0.05, 0) is 55.3 Å². The lowest BCUT2D eigenvalue weighted by Crippen LogP contribution is -2.39. The third-order valence-corrected chi connectivity index (χ3v) is 6.32. The Balaban J connectivity index is 1.88. The quantitative estimate of drug-likeness (QED) is 0.305. The Hall–Kier alpha value is -4.05. The first-order valence-corrected chi connectivity index (χ1v) is 11.2. The van der Waals surface area contributed by atoms with Gasteiger partial charge in [0.2, 0.25) is 0 Å². The molecule has 174 valence electrons. The van der Waals surface area contributed by atoms with Crippen LogP contribution in [0.25, 0.3) is 6.08 Å². The fourth-order valence-electron chi connectivity index (χ4n) is 3.76. The zero-order valence-electron chi connectivity index (χ0n) is 18.7. The maximum Gasteiger partial charge on any atom is 0.338 e. The predicted octanol–water partition coefficient (Wildman–Crippen LogP) is 2.72. The number of esters is 1. The number of carbonyl (C=O) groups excluding carboxylic acids is 1. The van der Waals surface area contributed by atoms with Crippen molar-refractivity contribution in [3.05, 3.63) is 101 Å². The van der Waals surface area contributed by atoms with Crippen molar-refractivity contribution in [2.45, 2.75) is 19.9 Å². The number of ether oxygens (including phenoxy) is 2. The van der Waals surface area contributed by atoms with Gasteiger partial charge in [-0.2, -0.15) is 0 Å². The second-order valence-electron chi connectivity index (χ2n) is 7.42. The second-order valence-corrected chi connectivity index (χ2v) is 8.43.